The van der Waals surface area contributed by atoms with E-state index >= 15 is 0 Å². The number of aromatic nitrogens is 4. The summed E-state index contributed by atoms with van der Waals surface area (Å²) in [5.41, 5.74) is 7.48. The van der Waals surface area contributed by atoms with Gasteiger partial charge in [-0.1, -0.05) is 0 Å². The van der Waals surface area contributed by atoms with Crippen LogP contribution in [0.1, 0.15) is 5.69 Å². The van der Waals surface area contributed by atoms with E-state index in [1.807, 2.05) is 11.6 Å². The van der Waals surface area contributed by atoms with Crippen molar-refractivity contribution in [3.8, 4) is 11.5 Å². The van der Waals surface area contributed by atoms with Crippen molar-refractivity contribution in [2.45, 2.75) is 6.61 Å². The molecule has 0 saturated heterocycles. The molecule has 0 saturated carbocycles. The summed E-state index contributed by atoms with van der Waals surface area (Å²) >= 11 is 2.12. The van der Waals surface area contributed by atoms with Crippen molar-refractivity contribution in [1.82, 2.24) is 19.5 Å². The molecule has 2 aromatic rings. The molecular weight excluding hydrogens is 333 g/mol. The second kappa shape index (κ2) is 4.96. The topological polar surface area (TPSA) is 78.9 Å². The van der Waals surface area contributed by atoms with Gasteiger partial charge in [0.15, 0.2) is 5.82 Å². The first-order valence-corrected chi connectivity index (χ1v) is 5.99. The molecule has 0 unspecified atom stereocenters. The fourth-order valence-electron chi connectivity index (χ4n) is 1.43. The van der Waals surface area contributed by atoms with Gasteiger partial charge in [0.25, 0.3) is 0 Å². The lowest BCUT2D eigenvalue weighted by molar-refractivity contribution is 0.181. The first-order chi connectivity index (χ1) is 8.13. The third kappa shape index (κ3) is 2.39. The molecule has 0 aromatic carbocycles. The molecule has 0 aliphatic rings. The minimum atomic E-state index is 0.413. The number of aryl methyl sites for hydroxylation is 1. The first kappa shape index (κ1) is 12.2. The van der Waals surface area contributed by atoms with Crippen LogP contribution >= 0.6 is 22.6 Å². The average Bonchev–Trinajstić information content (AvgIpc) is 2.71. The second-order valence-electron chi connectivity index (χ2n) is 3.52. The van der Waals surface area contributed by atoms with Gasteiger partial charge in [0.05, 0.1) is 28.4 Å². The molecule has 2 rings (SSSR count). The summed E-state index contributed by atoms with van der Waals surface area (Å²) in [6, 6.07) is 0. The van der Waals surface area contributed by atoms with Crippen molar-refractivity contribution in [1.29, 1.82) is 0 Å². The van der Waals surface area contributed by atoms with Crippen LogP contribution in [-0.2, 0) is 18.4 Å². The van der Waals surface area contributed by atoms with Crippen molar-refractivity contribution < 1.29 is 4.74 Å². The molecule has 0 bridgehead atoms. The van der Waals surface area contributed by atoms with Crippen LogP contribution in [0.3, 0.4) is 0 Å². The van der Waals surface area contributed by atoms with Crippen LogP contribution in [0.5, 0.6) is 0 Å². The SMILES string of the molecule is COCc1nc(-c2cncn2C)nc(N)c1I. The van der Waals surface area contributed by atoms with E-state index in [4.69, 9.17) is 10.5 Å². The highest BCUT2D eigenvalue weighted by Gasteiger charge is 2.13. The van der Waals surface area contributed by atoms with Crippen LogP contribution in [0.4, 0.5) is 5.82 Å². The number of hydrogen-bond acceptors (Lipinski definition) is 5. The molecule has 0 fully saturated rings. The number of imidazole rings is 1. The zero-order chi connectivity index (χ0) is 12.4. The predicted octanol–water partition coefficient (Wildman–Crippen LogP) is 1.21. The maximum absolute atomic E-state index is 5.86. The number of ether oxygens (including phenoxy) is 1. The molecule has 2 N–H and O–H groups in total. The van der Waals surface area contributed by atoms with Gasteiger partial charge in [-0.25, -0.2) is 15.0 Å². The molecular formula is C10H12IN5O. The summed E-state index contributed by atoms with van der Waals surface area (Å²) < 4.78 is 7.77. The van der Waals surface area contributed by atoms with E-state index in [1.165, 1.54) is 0 Å². The number of halogens is 1. The van der Waals surface area contributed by atoms with Crippen LogP contribution in [0, 0.1) is 3.57 Å². The Kier molecular flexibility index (Phi) is 3.57. The monoisotopic (exact) mass is 345 g/mol. The summed E-state index contributed by atoms with van der Waals surface area (Å²) in [4.78, 5) is 12.7. The van der Waals surface area contributed by atoms with Crippen LogP contribution < -0.4 is 5.73 Å². The van der Waals surface area contributed by atoms with Crippen LogP contribution in [0.15, 0.2) is 12.5 Å². The molecule has 0 amide bonds. The Morgan fingerprint density at radius 1 is 1.47 bits per heavy atom. The van der Waals surface area contributed by atoms with E-state index in [0.717, 1.165) is 15.0 Å². The van der Waals surface area contributed by atoms with Crippen molar-refractivity contribution in [2.75, 3.05) is 12.8 Å². The van der Waals surface area contributed by atoms with Gasteiger partial charge in [0.1, 0.15) is 11.5 Å². The lowest BCUT2D eigenvalue weighted by Crippen LogP contribution is -2.07. The van der Waals surface area contributed by atoms with Gasteiger partial charge in [-0.2, -0.15) is 0 Å². The number of nitrogen functional groups attached to an aromatic ring is 1. The second-order valence-corrected chi connectivity index (χ2v) is 4.59. The van der Waals surface area contributed by atoms with Gasteiger partial charge in [-0.15, -0.1) is 0 Å². The fourth-order valence-corrected chi connectivity index (χ4v) is 1.83. The Labute approximate surface area is 112 Å². The highest BCUT2D eigenvalue weighted by Crippen LogP contribution is 2.22. The number of nitrogens with two attached hydrogens (primary N) is 1. The quantitative estimate of drug-likeness (QED) is 0.846. The smallest absolute Gasteiger partial charge is 0.180 e. The number of hydrogen-bond donors (Lipinski definition) is 1. The van der Waals surface area contributed by atoms with Crippen molar-refractivity contribution in [2.24, 2.45) is 7.05 Å². The minimum Gasteiger partial charge on any atom is -0.383 e. The molecule has 0 aliphatic heterocycles. The molecule has 0 aliphatic carbocycles. The van der Waals surface area contributed by atoms with Crippen molar-refractivity contribution in [3.63, 3.8) is 0 Å². The normalized spacial score (nSPS) is 10.8. The molecule has 0 spiro atoms. The van der Waals surface area contributed by atoms with E-state index in [-0.39, 0.29) is 0 Å². The molecule has 7 heteroatoms. The van der Waals surface area contributed by atoms with Gasteiger partial charge >= 0.3 is 0 Å². The van der Waals surface area contributed by atoms with Crippen LogP contribution in [0.2, 0.25) is 0 Å². The lowest BCUT2D eigenvalue weighted by atomic mass is 10.3. The Balaban J connectivity index is 2.53. The molecule has 0 atom stereocenters. The van der Waals surface area contributed by atoms with E-state index in [2.05, 4.69) is 37.5 Å². The van der Waals surface area contributed by atoms with E-state index in [1.54, 1.807) is 19.6 Å². The fraction of sp³-hybridized carbons (Fsp3) is 0.300. The molecule has 2 heterocycles. The predicted molar refractivity (Wildman–Crippen MR) is 72.1 cm³/mol. The van der Waals surface area contributed by atoms with Gasteiger partial charge < -0.3 is 15.0 Å². The average molecular weight is 345 g/mol. The third-order valence-electron chi connectivity index (χ3n) is 2.27. The minimum absolute atomic E-state index is 0.413. The lowest BCUT2D eigenvalue weighted by Gasteiger charge is -2.08. The summed E-state index contributed by atoms with van der Waals surface area (Å²) in [6.07, 6.45) is 3.40. The standard InChI is InChI=1S/C10H12IN5O/c1-16-5-13-3-7(16)10-14-6(4-17-2)8(11)9(12)15-10/h3,5H,4H2,1-2H3,(H2,12,14,15). The summed E-state index contributed by atoms with van der Waals surface area (Å²) in [7, 11) is 3.51. The highest BCUT2D eigenvalue weighted by atomic mass is 127. The zero-order valence-electron chi connectivity index (χ0n) is 9.51. The van der Waals surface area contributed by atoms with Gasteiger partial charge in [-0.3, -0.25) is 0 Å². The van der Waals surface area contributed by atoms with E-state index in [0.29, 0.717) is 18.2 Å². The summed E-state index contributed by atoms with van der Waals surface area (Å²) in [5, 5.41) is 0. The van der Waals surface area contributed by atoms with Gasteiger partial charge in [0.2, 0.25) is 0 Å². The summed E-state index contributed by atoms with van der Waals surface area (Å²) in [6.45, 7) is 0.413. The molecule has 6 nitrogen and oxygen atoms in total. The largest absolute Gasteiger partial charge is 0.383 e. The summed E-state index contributed by atoms with van der Waals surface area (Å²) in [5.74, 6) is 1.03. The van der Waals surface area contributed by atoms with E-state index < -0.39 is 0 Å². The number of rotatable bonds is 3. The zero-order valence-corrected chi connectivity index (χ0v) is 11.7. The maximum atomic E-state index is 5.86. The Morgan fingerprint density at radius 2 is 2.24 bits per heavy atom. The maximum Gasteiger partial charge on any atom is 0.180 e. The van der Waals surface area contributed by atoms with Crippen molar-refractivity contribution in [3.05, 3.63) is 21.8 Å². The number of methoxy groups -OCH3 is 1. The third-order valence-corrected chi connectivity index (χ3v) is 3.45. The van der Waals surface area contributed by atoms with E-state index in [9.17, 15) is 0 Å². The molecule has 0 radical (unpaired) electrons. The molecule has 90 valence electrons. The Hall–Kier alpha value is -1.22. The Morgan fingerprint density at radius 3 is 2.82 bits per heavy atom. The van der Waals surface area contributed by atoms with Gasteiger partial charge in [0, 0.05) is 14.2 Å². The van der Waals surface area contributed by atoms with Crippen LogP contribution in [-0.4, -0.2) is 26.6 Å². The molecule has 17 heavy (non-hydrogen) atoms. The van der Waals surface area contributed by atoms with Crippen molar-refractivity contribution >= 4 is 28.4 Å². The first-order valence-electron chi connectivity index (χ1n) is 4.91. The molecule has 2 aromatic heterocycles. The Bertz CT molecular complexity index is 539. The number of nitrogens with zero attached hydrogens (tertiary/aromatic N) is 4. The van der Waals surface area contributed by atoms with Gasteiger partial charge in [-0.05, 0) is 22.6 Å². The highest BCUT2D eigenvalue weighted by molar-refractivity contribution is 14.1. The van der Waals surface area contributed by atoms with Crippen LogP contribution in [0.25, 0.3) is 11.5 Å². The number of anilines is 1.